The Morgan fingerprint density at radius 1 is 0.488 bits per heavy atom. The number of nitrogens with two attached hydrogens (primary N) is 1. The molecule has 0 saturated carbocycles. The second-order valence-electron chi connectivity index (χ2n) is 11.8. The van der Waals surface area contributed by atoms with Gasteiger partial charge in [0, 0.05) is 19.4 Å². The zero-order chi connectivity index (χ0) is 30.5. The first kappa shape index (κ1) is 41.6. The summed E-state index contributed by atoms with van der Waals surface area (Å²) in [7, 11) is 0. The van der Waals surface area contributed by atoms with Crippen LogP contribution < -0.4 is 11.1 Å². The largest absolute Gasteiger partial charge is 0.370 e. The maximum atomic E-state index is 11.6. The van der Waals surface area contributed by atoms with Gasteiger partial charge in [0.2, 0.25) is 11.8 Å². The van der Waals surface area contributed by atoms with Gasteiger partial charge in [0.15, 0.2) is 0 Å². The first-order chi connectivity index (χ1) is 20.1. The molecule has 41 heavy (non-hydrogen) atoms. The summed E-state index contributed by atoms with van der Waals surface area (Å²) in [6.07, 6.45) is 42.0. The molecule has 4 heteroatoms. The first-order valence-electron chi connectivity index (χ1n) is 17.9. The predicted molar refractivity (Wildman–Crippen MR) is 182 cm³/mol. The standard InChI is InChI=1S/C23H43NO.C14H29NO/c1-3-5-7-8-9-10-11-12-13-14-15-16-17-18-19-21-23(25)24-22-20-6-4-2;1-2-3-4-5-6-7-8-9-10-11-12-13-14(15)16/h9-10,12-13H,3-8,11,14-22H2,1-2H3,(H,24,25);2-13H2,1H3,(H2,15,16)/b10-9-,13-12-;. The number of hydrogen-bond acceptors (Lipinski definition) is 2. The number of carbonyl (C=O) groups excluding carboxylic acids is 2. The molecule has 0 aromatic rings. The Kier molecular flexibility index (Phi) is 38.9. The Balaban J connectivity index is 0. The lowest BCUT2D eigenvalue weighted by atomic mass is 10.1. The van der Waals surface area contributed by atoms with E-state index in [0.717, 1.165) is 32.2 Å². The third kappa shape index (κ3) is 43.0. The molecule has 0 bridgehead atoms. The van der Waals surface area contributed by atoms with Crippen LogP contribution >= 0.6 is 0 Å². The first-order valence-corrected chi connectivity index (χ1v) is 17.9. The quantitative estimate of drug-likeness (QED) is 0.0659. The summed E-state index contributed by atoms with van der Waals surface area (Å²) >= 11 is 0. The van der Waals surface area contributed by atoms with Crippen molar-refractivity contribution in [2.24, 2.45) is 5.73 Å². The van der Waals surface area contributed by atoms with Gasteiger partial charge in [-0.2, -0.15) is 0 Å². The molecule has 0 aliphatic rings. The van der Waals surface area contributed by atoms with Gasteiger partial charge in [-0.1, -0.05) is 154 Å². The molecule has 4 nitrogen and oxygen atoms in total. The molecule has 0 aliphatic heterocycles. The molecular formula is C37H72N2O2. The fourth-order valence-corrected chi connectivity index (χ4v) is 4.75. The average Bonchev–Trinajstić information content (AvgIpc) is 2.96. The van der Waals surface area contributed by atoms with Gasteiger partial charge in [-0.3, -0.25) is 9.59 Å². The molecule has 0 fully saturated rings. The Labute approximate surface area is 257 Å². The van der Waals surface area contributed by atoms with E-state index in [1.54, 1.807) is 0 Å². The van der Waals surface area contributed by atoms with E-state index in [9.17, 15) is 9.59 Å². The van der Waals surface area contributed by atoms with Crippen molar-refractivity contribution in [1.82, 2.24) is 5.32 Å². The molecule has 0 heterocycles. The maximum absolute atomic E-state index is 11.6. The van der Waals surface area contributed by atoms with Crippen molar-refractivity contribution in [3.05, 3.63) is 24.3 Å². The van der Waals surface area contributed by atoms with Gasteiger partial charge in [0.1, 0.15) is 0 Å². The number of amides is 2. The lowest BCUT2D eigenvalue weighted by Gasteiger charge is -2.04. The SMILES string of the molecule is CCCCC/C=C\C/C=C\CCCCCCCC(=O)NCCCCC.CCCCCCCCCCCCCC(N)=O. The number of rotatable bonds is 30. The molecule has 0 radical (unpaired) electrons. The monoisotopic (exact) mass is 577 g/mol. The van der Waals surface area contributed by atoms with Crippen LogP contribution in [0.2, 0.25) is 0 Å². The van der Waals surface area contributed by atoms with E-state index in [4.69, 9.17) is 5.73 Å². The van der Waals surface area contributed by atoms with Crippen LogP contribution in [0.3, 0.4) is 0 Å². The second kappa shape index (κ2) is 38.4. The predicted octanol–water partition coefficient (Wildman–Crippen LogP) is 11.3. The van der Waals surface area contributed by atoms with E-state index < -0.39 is 0 Å². The summed E-state index contributed by atoms with van der Waals surface area (Å²) in [6.45, 7) is 7.54. The highest BCUT2D eigenvalue weighted by Gasteiger charge is 2.00. The van der Waals surface area contributed by atoms with Crippen molar-refractivity contribution in [2.45, 2.75) is 194 Å². The normalized spacial score (nSPS) is 11.2. The van der Waals surface area contributed by atoms with Gasteiger partial charge in [0.25, 0.3) is 0 Å². The summed E-state index contributed by atoms with van der Waals surface area (Å²) in [5.41, 5.74) is 5.07. The molecule has 3 N–H and O–H groups in total. The minimum Gasteiger partial charge on any atom is -0.370 e. The molecule has 2 amide bonds. The van der Waals surface area contributed by atoms with Crippen molar-refractivity contribution in [3.8, 4) is 0 Å². The van der Waals surface area contributed by atoms with E-state index in [0.29, 0.717) is 12.8 Å². The van der Waals surface area contributed by atoms with Crippen LogP contribution in [0, 0.1) is 0 Å². The van der Waals surface area contributed by atoms with Gasteiger partial charge in [-0.05, 0) is 51.4 Å². The van der Waals surface area contributed by atoms with Crippen LogP contribution in [0.15, 0.2) is 24.3 Å². The van der Waals surface area contributed by atoms with Crippen molar-refractivity contribution in [3.63, 3.8) is 0 Å². The molecule has 0 rings (SSSR count). The van der Waals surface area contributed by atoms with Crippen LogP contribution in [0.25, 0.3) is 0 Å². The Bertz CT molecular complexity index is 585. The number of carbonyl (C=O) groups is 2. The number of unbranched alkanes of at least 4 members (excludes halogenated alkanes) is 20. The Hall–Kier alpha value is -1.58. The molecule has 242 valence electrons. The van der Waals surface area contributed by atoms with Gasteiger partial charge in [-0.25, -0.2) is 0 Å². The average molecular weight is 577 g/mol. The smallest absolute Gasteiger partial charge is 0.219 e. The van der Waals surface area contributed by atoms with Crippen LogP contribution in [0.1, 0.15) is 194 Å². The summed E-state index contributed by atoms with van der Waals surface area (Å²) in [4.78, 5) is 22.1. The van der Waals surface area contributed by atoms with Crippen molar-refractivity contribution in [1.29, 1.82) is 0 Å². The zero-order valence-electron chi connectivity index (χ0n) is 28.0. The van der Waals surface area contributed by atoms with E-state index in [1.807, 2.05) is 0 Å². The number of hydrogen-bond donors (Lipinski definition) is 2. The Morgan fingerprint density at radius 3 is 1.39 bits per heavy atom. The maximum Gasteiger partial charge on any atom is 0.219 e. The molecule has 0 aliphatic carbocycles. The fraction of sp³-hybridized carbons (Fsp3) is 0.838. The van der Waals surface area contributed by atoms with E-state index in [2.05, 4.69) is 50.4 Å². The van der Waals surface area contributed by atoms with Crippen molar-refractivity contribution >= 4 is 11.8 Å². The van der Waals surface area contributed by atoms with Crippen LogP contribution in [-0.2, 0) is 9.59 Å². The third-order valence-electron chi connectivity index (χ3n) is 7.48. The Morgan fingerprint density at radius 2 is 0.878 bits per heavy atom. The number of nitrogens with one attached hydrogen (secondary N) is 1. The molecule has 0 atom stereocenters. The summed E-state index contributed by atoms with van der Waals surface area (Å²) in [5, 5.41) is 3.01. The summed E-state index contributed by atoms with van der Waals surface area (Å²) in [5.74, 6) is 0.0812. The lowest BCUT2D eigenvalue weighted by Crippen LogP contribution is -2.23. The van der Waals surface area contributed by atoms with Crippen LogP contribution in [0.4, 0.5) is 0 Å². The zero-order valence-corrected chi connectivity index (χ0v) is 28.0. The molecule has 0 aromatic heterocycles. The van der Waals surface area contributed by atoms with Crippen LogP contribution in [-0.4, -0.2) is 18.4 Å². The minimum atomic E-state index is -0.157. The van der Waals surface area contributed by atoms with Gasteiger partial charge >= 0.3 is 0 Å². The number of primary amides is 1. The topological polar surface area (TPSA) is 72.2 Å². The highest BCUT2D eigenvalue weighted by Crippen LogP contribution is 2.12. The highest BCUT2D eigenvalue weighted by molar-refractivity contribution is 5.75. The fourth-order valence-electron chi connectivity index (χ4n) is 4.75. The molecule has 0 saturated heterocycles. The summed E-state index contributed by atoms with van der Waals surface area (Å²) in [6, 6.07) is 0. The minimum absolute atomic E-state index is 0.157. The van der Waals surface area contributed by atoms with Gasteiger partial charge in [0.05, 0.1) is 0 Å². The lowest BCUT2D eigenvalue weighted by molar-refractivity contribution is -0.121. The second-order valence-corrected chi connectivity index (χ2v) is 11.8. The van der Waals surface area contributed by atoms with Gasteiger partial charge < -0.3 is 11.1 Å². The molecule has 0 unspecified atom stereocenters. The van der Waals surface area contributed by atoms with Gasteiger partial charge in [-0.15, -0.1) is 0 Å². The number of allylic oxidation sites excluding steroid dienone is 4. The van der Waals surface area contributed by atoms with E-state index in [1.165, 1.54) is 135 Å². The van der Waals surface area contributed by atoms with E-state index >= 15 is 0 Å². The molecule has 0 spiro atoms. The summed E-state index contributed by atoms with van der Waals surface area (Å²) < 4.78 is 0. The van der Waals surface area contributed by atoms with E-state index in [-0.39, 0.29) is 11.8 Å². The third-order valence-corrected chi connectivity index (χ3v) is 7.48. The van der Waals surface area contributed by atoms with Crippen molar-refractivity contribution in [2.75, 3.05) is 6.54 Å². The van der Waals surface area contributed by atoms with Crippen molar-refractivity contribution < 1.29 is 9.59 Å². The molecular weight excluding hydrogens is 504 g/mol. The highest BCUT2D eigenvalue weighted by atomic mass is 16.1. The molecule has 0 aromatic carbocycles. The van der Waals surface area contributed by atoms with Crippen LogP contribution in [0.5, 0.6) is 0 Å².